The molecule has 0 fully saturated rings. The molecule has 0 amide bonds. The molecule has 2 aliphatic rings. The van der Waals surface area contributed by atoms with Crippen LogP contribution in [0.1, 0.15) is 68.4 Å². The molecule has 23 heavy (non-hydrogen) atoms. The quantitative estimate of drug-likeness (QED) is 0.604. The van der Waals surface area contributed by atoms with Crippen LogP contribution in [0.15, 0.2) is 48.5 Å². The first-order valence-electron chi connectivity index (χ1n) is 8.82. The molecule has 0 radical (unpaired) electrons. The van der Waals surface area contributed by atoms with E-state index < -0.39 is 0 Å². The molecule has 0 atom stereocenters. The standard InChI is InChI=1S/C23H26/c1-22(2)12-13-23(3,4)21-15-19-17(14-20(21)22)10-11-18(19)16-8-6-5-7-9-16/h5-9,11,14-15H,10,12-13H2,1-4H3. The van der Waals surface area contributed by atoms with Gasteiger partial charge >= 0.3 is 0 Å². The van der Waals surface area contributed by atoms with Crippen molar-refractivity contribution in [2.45, 2.75) is 57.8 Å². The monoisotopic (exact) mass is 302 g/mol. The molecule has 2 aliphatic carbocycles. The third-order valence-corrected chi connectivity index (χ3v) is 5.98. The van der Waals surface area contributed by atoms with Gasteiger partial charge in [-0.05, 0) is 63.5 Å². The first-order chi connectivity index (χ1) is 10.9. The fourth-order valence-corrected chi connectivity index (χ4v) is 4.29. The molecule has 0 spiro atoms. The maximum absolute atomic E-state index is 2.51. The molecule has 0 N–H and O–H groups in total. The molecule has 4 rings (SSSR count). The minimum Gasteiger partial charge on any atom is -0.0716 e. The van der Waals surface area contributed by atoms with Crippen LogP contribution in [0.4, 0.5) is 0 Å². The van der Waals surface area contributed by atoms with Crippen molar-refractivity contribution >= 4 is 5.57 Å². The van der Waals surface area contributed by atoms with E-state index in [1.165, 1.54) is 35.1 Å². The number of hydrogen-bond donors (Lipinski definition) is 0. The van der Waals surface area contributed by atoms with Gasteiger partial charge in [0, 0.05) is 0 Å². The fourth-order valence-electron chi connectivity index (χ4n) is 4.29. The van der Waals surface area contributed by atoms with Gasteiger partial charge in [-0.1, -0.05) is 76.2 Å². The Hall–Kier alpha value is -1.82. The molecule has 2 aromatic carbocycles. The molecule has 0 unspecified atom stereocenters. The van der Waals surface area contributed by atoms with Crippen molar-refractivity contribution in [2.24, 2.45) is 0 Å². The SMILES string of the molecule is CC1(C)CCC(C)(C)c2cc3c(cc21)CC=C3c1ccccc1. The van der Waals surface area contributed by atoms with Gasteiger partial charge in [0.2, 0.25) is 0 Å². The van der Waals surface area contributed by atoms with E-state index in [0.717, 1.165) is 6.42 Å². The topological polar surface area (TPSA) is 0 Å². The van der Waals surface area contributed by atoms with Crippen LogP contribution in [0, 0.1) is 0 Å². The molecule has 0 aliphatic heterocycles. The lowest BCUT2D eigenvalue weighted by atomic mass is 9.62. The van der Waals surface area contributed by atoms with Crippen molar-refractivity contribution in [3.05, 3.63) is 76.4 Å². The maximum Gasteiger partial charge on any atom is -0.00817 e. The Labute approximate surface area is 140 Å². The van der Waals surface area contributed by atoms with Crippen molar-refractivity contribution in [1.29, 1.82) is 0 Å². The van der Waals surface area contributed by atoms with Gasteiger partial charge < -0.3 is 0 Å². The Balaban J connectivity index is 1.89. The van der Waals surface area contributed by atoms with Crippen LogP contribution >= 0.6 is 0 Å². The second kappa shape index (κ2) is 4.84. The van der Waals surface area contributed by atoms with Gasteiger partial charge in [-0.3, -0.25) is 0 Å². The second-order valence-electron chi connectivity index (χ2n) is 8.51. The van der Waals surface area contributed by atoms with Crippen molar-refractivity contribution < 1.29 is 0 Å². The van der Waals surface area contributed by atoms with Gasteiger partial charge in [0.25, 0.3) is 0 Å². The van der Waals surface area contributed by atoms with Gasteiger partial charge in [-0.25, -0.2) is 0 Å². The Bertz CT molecular complexity index is 788. The number of fused-ring (bicyclic) bond motifs is 2. The summed E-state index contributed by atoms with van der Waals surface area (Å²) in [6.07, 6.45) is 6.04. The van der Waals surface area contributed by atoms with E-state index in [-0.39, 0.29) is 5.41 Å². The van der Waals surface area contributed by atoms with E-state index in [4.69, 9.17) is 0 Å². The molecular weight excluding hydrogens is 276 g/mol. The predicted octanol–water partition coefficient (Wildman–Crippen LogP) is 6.02. The van der Waals surface area contributed by atoms with Crippen molar-refractivity contribution in [3.8, 4) is 0 Å². The summed E-state index contributed by atoms with van der Waals surface area (Å²) in [5.41, 5.74) is 9.46. The third kappa shape index (κ3) is 2.27. The van der Waals surface area contributed by atoms with E-state index in [2.05, 4.69) is 76.2 Å². The summed E-state index contributed by atoms with van der Waals surface area (Å²) in [6.45, 7) is 9.64. The first-order valence-corrected chi connectivity index (χ1v) is 8.82. The van der Waals surface area contributed by atoms with Crippen LogP contribution in [0.25, 0.3) is 5.57 Å². The zero-order chi connectivity index (χ0) is 16.2. The molecule has 0 saturated heterocycles. The fraction of sp³-hybridized carbons (Fsp3) is 0.391. The van der Waals surface area contributed by atoms with E-state index in [1.54, 1.807) is 11.1 Å². The van der Waals surface area contributed by atoms with Crippen LogP contribution in [0.3, 0.4) is 0 Å². The molecule has 118 valence electrons. The first kappa shape index (κ1) is 14.8. The van der Waals surface area contributed by atoms with Crippen molar-refractivity contribution in [3.63, 3.8) is 0 Å². The zero-order valence-electron chi connectivity index (χ0n) is 14.7. The van der Waals surface area contributed by atoms with E-state index in [9.17, 15) is 0 Å². The van der Waals surface area contributed by atoms with Crippen LogP contribution in [0.5, 0.6) is 0 Å². The zero-order valence-corrected chi connectivity index (χ0v) is 14.7. The molecule has 0 saturated carbocycles. The summed E-state index contributed by atoms with van der Waals surface area (Å²) in [5.74, 6) is 0. The molecule has 0 heteroatoms. The minimum absolute atomic E-state index is 0.282. The lowest BCUT2D eigenvalue weighted by Gasteiger charge is -2.42. The highest BCUT2D eigenvalue weighted by Crippen LogP contribution is 2.48. The van der Waals surface area contributed by atoms with Gasteiger partial charge in [-0.15, -0.1) is 0 Å². The van der Waals surface area contributed by atoms with Gasteiger partial charge in [-0.2, -0.15) is 0 Å². The van der Waals surface area contributed by atoms with Crippen molar-refractivity contribution in [2.75, 3.05) is 0 Å². The summed E-state index contributed by atoms with van der Waals surface area (Å²) >= 11 is 0. The molecule has 2 aromatic rings. The smallest absolute Gasteiger partial charge is 0.00817 e. The Morgan fingerprint density at radius 3 is 2.04 bits per heavy atom. The predicted molar refractivity (Wildman–Crippen MR) is 99.0 cm³/mol. The minimum atomic E-state index is 0.282. The molecule has 0 heterocycles. The second-order valence-corrected chi connectivity index (χ2v) is 8.51. The van der Waals surface area contributed by atoms with Crippen LogP contribution in [-0.4, -0.2) is 0 Å². The summed E-state index contributed by atoms with van der Waals surface area (Å²) < 4.78 is 0. The summed E-state index contributed by atoms with van der Waals surface area (Å²) in [5, 5.41) is 0. The van der Waals surface area contributed by atoms with Crippen LogP contribution in [0.2, 0.25) is 0 Å². The molecule has 0 aromatic heterocycles. The lowest BCUT2D eigenvalue weighted by Crippen LogP contribution is -2.34. The van der Waals surface area contributed by atoms with Crippen LogP contribution < -0.4 is 0 Å². The number of benzene rings is 2. The number of rotatable bonds is 1. The van der Waals surface area contributed by atoms with Gasteiger partial charge in [0.05, 0.1) is 0 Å². The average Bonchev–Trinajstić information content (AvgIpc) is 2.95. The molecular formula is C23H26. The summed E-state index contributed by atoms with van der Waals surface area (Å²) in [4.78, 5) is 0. The Morgan fingerprint density at radius 1 is 0.783 bits per heavy atom. The summed E-state index contributed by atoms with van der Waals surface area (Å²) in [7, 11) is 0. The normalized spacial score (nSPS) is 20.6. The van der Waals surface area contributed by atoms with E-state index >= 15 is 0 Å². The number of hydrogen-bond acceptors (Lipinski definition) is 0. The highest BCUT2D eigenvalue weighted by atomic mass is 14.4. The highest BCUT2D eigenvalue weighted by Gasteiger charge is 2.38. The molecule has 0 bridgehead atoms. The van der Waals surface area contributed by atoms with E-state index in [0.29, 0.717) is 5.41 Å². The summed E-state index contributed by atoms with van der Waals surface area (Å²) in [6, 6.07) is 15.9. The van der Waals surface area contributed by atoms with Gasteiger partial charge in [0.15, 0.2) is 0 Å². The largest absolute Gasteiger partial charge is 0.0716 e. The number of allylic oxidation sites excluding steroid dienone is 1. The maximum atomic E-state index is 2.51. The Morgan fingerprint density at radius 2 is 1.39 bits per heavy atom. The Kier molecular flexibility index (Phi) is 3.10. The third-order valence-electron chi connectivity index (χ3n) is 5.98. The lowest BCUT2D eigenvalue weighted by molar-refractivity contribution is 0.331. The van der Waals surface area contributed by atoms with E-state index in [1.807, 2.05) is 0 Å². The van der Waals surface area contributed by atoms with Crippen LogP contribution in [-0.2, 0) is 17.3 Å². The van der Waals surface area contributed by atoms with Gasteiger partial charge in [0.1, 0.15) is 0 Å². The highest BCUT2D eigenvalue weighted by molar-refractivity contribution is 5.85. The van der Waals surface area contributed by atoms with Crippen molar-refractivity contribution in [1.82, 2.24) is 0 Å². The molecule has 0 nitrogen and oxygen atoms in total. The average molecular weight is 302 g/mol.